The van der Waals surface area contributed by atoms with E-state index in [1.165, 1.54) is 42.3 Å². The molecule has 2 aliphatic rings. The first-order valence-electron chi connectivity index (χ1n) is 6.07. The summed E-state index contributed by atoms with van der Waals surface area (Å²) in [5, 5.41) is 3.87. The van der Waals surface area contributed by atoms with E-state index in [-0.39, 0.29) is 0 Å². The Balaban J connectivity index is 1.78. The van der Waals surface area contributed by atoms with Crippen LogP contribution in [0.25, 0.3) is 0 Å². The standard InChI is InChI=1S/C12H23NS2/c1-12(2)6-11(8-15-9-12)13-10-4-3-5-14-7-10/h10-11,13H,3-9H2,1-2H3. The van der Waals surface area contributed by atoms with E-state index in [2.05, 4.69) is 42.7 Å². The van der Waals surface area contributed by atoms with E-state index in [9.17, 15) is 0 Å². The Bertz CT molecular complexity index is 200. The molecule has 15 heavy (non-hydrogen) atoms. The Kier molecular flexibility index (Phi) is 4.31. The minimum atomic E-state index is 0.544. The van der Waals surface area contributed by atoms with Crippen molar-refractivity contribution in [2.75, 3.05) is 23.0 Å². The molecular weight excluding hydrogens is 222 g/mol. The van der Waals surface area contributed by atoms with Crippen LogP contribution in [0.3, 0.4) is 0 Å². The Morgan fingerprint density at radius 2 is 1.93 bits per heavy atom. The molecule has 0 amide bonds. The van der Waals surface area contributed by atoms with Gasteiger partial charge in [-0.2, -0.15) is 23.5 Å². The van der Waals surface area contributed by atoms with Crippen molar-refractivity contribution in [2.24, 2.45) is 5.41 Å². The van der Waals surface area contributed by atoms with Gasteiger partial charge in [-0.25, -0.2) is 0 Å². The highest BCUT2D eigenvalue weighted by Crippen LogP contribution is 2.34. The number of hydrogen-bond donors (Lipinski definition) is 1. The van der Waals surface area contributed by atoms with E-state index < -0.39 is 0 Å². The number of nitrogens with one attached hydrogen (secondary N) is 1. The molecule has 0 aromatic heterocycles. The molecule has 2 atom stereocenters. The summed E-state index contributed by atoms with van der Waals surface area (Å²) in [5.74, 6) is 5.37. The highest BCUT2D eigenvalue weighted by Gasteiger charge is 2.29. The lowest BCUT2D eigenvalue weighted by atomic mass is 9.87. The van der Waals surface area contributed by atoms with Crippen LogP contribution in [-0.4, -0.2) is 35.1 Å². The average molecular weight is 245 g/mol. The van der Waals surface area contributed by atoms with Gasteiger partial charge in [-0.15, -0.1) is 0 Å². The first-order chi connectivity index (χ1) is 7.16. The summed E-state index contributed by atoms with van der Waals surface area (Å²) in [7, 11) is 0. The summed E-state index contributed by atoms with van der Waals surface area (Å²) in [5.41, 5.74) is 0.544. The summed E-state index contributed by atoms with van der Waals surface area (Å²) >= 11 is 4.25. The first-order valence-corrected chi connectivity index (χ1v) is 8.38. The zero-order valence-corrected chi connectivity index (χ0v) is 11.6. The smallest absolute Gasteiger partial charge is 0.0166 e. The largest absolute Gasteiger partial charge is 0.310 e. The topological polar surface area (TPSA) is 12.0 Å². The van der Waals surface area contributed by atoms with Crippen molar-refractivity contribution < 1.29 is 0 Å². The van der Waals surface area contributed by atoms with Gasteiger partial charge in [0.2, 0.25) is 0 Å². The molecule has 1 nitrogen and oxygen atoms in total. The van der Waals surface area contributed by atoms with E-state index in [0.717, 1.165) is 12.1 Å². The highest BCUT2D eigenvalue weighted by atomic mass is 32.2. The Labute approximate surface area is 103 Å². The number of rotatable bonds is 2. The van der Waals surface area contributed by atoms with Gasteiger partial charge in [0, 0.05) is 23.6 Å². The second-order valence-corrected chi connectivity index (χ2v) is 7.84. The molecule has 0 radical (unpaired) electrons. The molecule has 2 rings (SSSR count). The summed E-state index contributed by atoms with van der Waals surface area (Å²) in [6.45, 7) is 4.81. The molecule has 0 saturated carbocycles. The third-order valence-electron chi connectivity index (χ3n) is 3.24. The van der Waals surface area contributed by atoms with Crippen molar-refractivity contribution in [3.63, 3.8) is 0 Å². The molecule has 2 saturated heterocycles. The van der Waals surface area contributed by atoms with Gasteiger partial charge in [0.05, 0.1) is 0 Å². The van der Waals surface area contributed by atoms with Crippen molar-refractivity contribution in [2.45, 2.75) is 45.2 Å². The molecular formula is C12H23NS2. The molecule has 0 aromatic rings. The van der Waals surface area contributed by atoms with Crippen LogP contribution in [-0.2, 0) is 0 Å². The Morgan fingerprint density at radius 1 is 1.13 bits per heavy atom. The average Bonchev–Trinajstić information content (AvgIpc) is 2.17. The third kappa shape index (κ3) is 3.86. The number of thioether (sulfide) groups is 2. The van der Waals surface area contributed by atoms with Crippen LogP contribution in [0.2, 0.25) is 0 Å². The SMILES string of the molecule is CC1(C)CSCC(NC2CCCSC2)C1. The van der Waals surface area contributed by atoms with E-state index >= 15 is 0 Å². The van der Waals surface area contributed by atoms with Gasteiger partial charge in [0.25, 0.3) is 0 Å². The fourth-order valence-electron chi connectivity index (χ4n) is 2.57. The quantitative estimate of drug-likeness (QED) is 0.803. The van der Waals surface area contributed by atoms with Gasteiger partial charge in [-0.1, -0.05) is 13.8 Å². The number of hydrogen-bond acceptors (Lipinski definition) is 3. The van der Waals surface area contributed by atoms with E-state index in [1.807, 2.05) is 0 Å². The van der Waals surface area contributed by atoms with Crippen LogP contribution in [0, 0.1) is 5.41 Å². The maximum absolute atomic E-state index is 3.87. The van der Waals surface area contributed by atoms with Crippen LogP contribution in [0.1, 0.15) is 33.1 Å². The van der Waals surface area contributed by atoms with Crippen molar-refractivity contribution in [3.05, 3.63) is 0 Å². The lowest BCUT2D eigenvalue weighted by Crippen LogP contribution is -2.47. The minimum Gasteiger partial charge on any atom is -0.310 e. The maximum Gasteiger partial charge on any atom is 0.0166 e. The lowest BCUT2D eigenvalue weighted by molar-refractivity contribution is 0.300. The molecule has 2 unspecified atom stereocenters. The zero-order valence-electron chi connectivity index (χ0n) is 9.92. The normalized spacial score (nSPS) is 36.4. The summed E-state index contributed by atoms with van der Waals surface area (Å²) < 4.78 is 0. The van der Waals surface area contributed by atoms with E-state index in [0.29, 0.717) is 5.41 Å². The van der Waals surface area contributed by atoms with Crippen LogP contribution < -0.4 is 5.32 Å². The fourth-order valence-corrected chi connectivity index (χ4v) is 4.95. The first kappa shape index (κ1) is 12.1. The molecule has 1 N–H and O–H groups in total. The minimum absolute atomic E-state index is 0.544. The van der Waals surface area contributed by atoms with Gasteiger partial charge in [-0.3, -0.25) is 0 Å². The molecule has 0 aliphatic carbocycles. The lowest BCUT2D eigenvalue weighted by Gasteiger charge is -2.37. The van der Waals surface area contributed by atoms with E-state index in [1.54, 1.807) is 0 Å². The molecule has 2 heterocycles. The van der Waals surface area contributed by atoms with Crippen molar-refractivity contribution in [1.82, 2.24) is 5.32 Å². The maximum atomic E-state index is 3.87. The monoisotopic (exact) mass is 245 g/mol. The summed E-state index contributed by atoms with van der Waals surface area (Å²) in [4.78, 5) is 0. The second kappa shape index (κ2) is 5.33. The summed E-state index contributed by atoms with van der Waals surface area (Å²) in [6, 6.07) is 1.56. The van der Waals surface area contributed by atoms with Gasteiger partial charge in [-0.05, 0) is 36.2 Å². The van der Waals surface area contributed by atoms with Gasteiger partial charge < -0.3 is 5.32 Å². The predicted octanol–water partition coefficient (Wildman–Crippen LogP) is 3.00. The second-order valence-electron chi connectivity index (χ2n) is 5.66. The van der Waals surface area contributed by atoms with Crippen molar-refractivity contribution >= 4 is 23.5 Å². The van der Waals surface area contributed by atoms with Gasteiger partial charge in [0.1, 0.15) is 0 Å². The van der Waals surface area contributed by atoms with Crippen LogP contribution >= 0.6 is 23.5 Å². The van der Waals surface area contributed by atoms with Gasteiger partial charge in [0.15, 0.2) is 0 Å². The van der Waals surface area contributed by atoms with Crippen LogP contribution in [0.5, 0.6) is 0 Å². The van der Waals surface area contributed by atoms with Gasteiger partial charge >= 0.3 is 0 Å². The molecule has 0 bridgehead atoms. The highest BCUT2D eigenvalue weighted by molar-refractivity contribution is 7.99. The Hall–Kier alpha value is 0.660. The summed E-state index contributed by atoms with van der Waals surface area (Å²) in [6.07, 6.45) is 4.17. The molecule has 0 spiro atoms. The van der Waals surface area contributed by atoms with Crippen LogP contribution in [0.4, 0.5) is 0 Å². The fraction of sp³-hybridized carbons (Fsp3) is 1.00. The zero-order chi connectivity index (χ0) is 10.7. The molecule has 2 fully saturated rings. The van der Waals surface area contributed by atoms with E-state index in [4.69, 9.17) is 0 Å². The van der Waals surface area contributed by atoms with Crippen molar-refractivity contribution in [1.29, 1.82) is 0 Å². The molecule has 88 valence electrons. The Morgan fingerprint density at radius 3 is 2.60 bits per heavy atom. The molecule has 2 aliphatic heterocycles. The molecule has 3 heteroatoms. The predicted molar refractivity (Wildman–Crippen MR) is 73.0 cm³/mol. The third-order valence-corrected chi connectivity index (χ3v) is 6.08. The molecule has 0 aromatic carbocycles. The van der Waals surface area contributed by atoms with Crippen molar-refractivity contribution in [3.8, 4) is 0 Å². The van der Waals surface area contributed by atoms with Crippen LogP contribution in [0.15, 0.2) is 0 Å².